The summed E-state index contributed by atoms with van der Waals surface area (Å²) in [5.41, 5.74) is 1.86. The van der Waals surface area contributed by atoms with Crippen molar-refractivity contribution in [1.82, 2.24) is 0 Å². The standard InChI is InChI=1S/C18H16FNO4S/c1-3-12-4-7-14(8-5-12)20-11-17(18(21)24-2)25(22,23)16-9-6-13(19)10-15(16)20/h4-11H,3H2,1-2H3. The van der Waals surface area contributed by atoms with Crippen molar-refractivity contribution in [3.8, 4) is 0 Å². The highest BCUT2D eigenvalue weighted by molar-refractivity contribution is 7.96. The number of benzene rings is 2. The van der Waals surface area contributed by atoms with Gasteiger partial charge in [-0.3, -0.25) is 0 Å². The van der Waals surface area contributed by atoms with E-state index in [0.29, 0.717) is 5.69 Å². The summed E-state index contributed by atoms with van der Waals surface area (Å²) < 4.78 is 43.7. The number of sulfone groups is 1. The van der Waals surface area contributed by atoms with Crippen LogP contribution in [-0.4, -0.2) is 21.5 Å². The van der Waals surface area contributed by atoms with Crippen molar-refractivity contribution >= 4 is 27.2 Å². The molecule has 0 unspecified atom stereocenters. The van der Waals surface area contributed by atoms with Crippen LogP contribution in [0.25, 0.3) is 0 Å². The van der Waals surface area contributed by atoms with Crippen LogP contribution in [-0.2, 0) is 25.8 Å². The quantitative estimate of drug-likeness (QED) is 0.620. The van der Waals surface area contributed by atoms with E-state index in [2.05, 4.69) is 4.74 Å². The van der Waals surface area contributed by atoms with Crippen LogP contribution < -0.4 is 4.90 Å². The molecule has 0 radical (unpaired) electrons. The maximum atomic E-state index is 13.7. The summed E-state index contributed by atoms with van der Waals surface area (Å²) in [4.78, 5) is 12.8. The Hall–Kier alpha value is -2.67. The molecule has 25 heavy (non-hydrogen) atoms. The zero-order valence-corrected chi connectivity index (χ0v) is 14.5. The van der Waals surface area contributed by atoms with Crippen LogP contribution in [0.5, 0.6) is 0 Å². The molecule has 0 atom stereocenters. The van der Waals surface area contributed by atoms with E-state index in [4.69, 9.17) is 0 Å². The monoisotopic (exact) mass is 361 g/mol. The molecule has 7 heteroatoms. The summed E-state index contributed by atoms with van der Waals surface area (Å²) in [7, 11) is -2.98. The van der Waals surface area contributed by atoms with E-state index in [-0.39, 0.29) is 10.6 Å². The highest BCUT2D eigenvalue weighted by Crippen LogP contribution is 2.40. The molecule has 2 aromatic carbocycles. The molecule has 0 spiro atoms. The minimum Gasteiger partial charge on any atom is -0.465 e. The van der Waals surface area contributed by atoms with Crippen molar-refractivity contribution in [3.63, 3.8) is 0 Å². The van der Waals surface area contributed by atoms with Gasteiger partial charge in [-0.1, -0.05) is 19.1 Å². The van der Waals surface area contributed by atoms with Crippen LogP contribution >= 0.6 is 0 Å². The van der Waals surface area contributed by atoms with Gasteiger partial charge >= 0.3 is 5.97 Å². The average Bonchev–Trinajstić information content (AvgIpc) is 2.61. The van der Waals surface area contributed by atoms with Crippen LogP contribution in [0.15, 0.2) is 58.5 Å². The fourth-order valence-electron chi connectivity index (χ4n) is 2.65. The lowest BCUT2D eigenvalue weighted by Gasteiger charge is -2.28. The maximum absolute atomic E-state index is 13.7. The molecule has 0 bridgehead atoms. The Morgan fingerprint density at radius 1 is 1.16 bits per heavy atom. The summed E-state index contributed by atoms with van der Waals surface area (Å²) >= 11 is 0. The third kappa shape index (κ3) is 2.91. The van der Waals surface area contributed by atoms with Crippen molar-refractivity contribution in [2.75, 3.05) is 12.0 Å². The molecule has 0 N–H and O–H groups in total. The van der Waals surface area contributed by atoms with Crippen molar-refractivity contribution in [2.45, 2.75) is 18.2 Å². The Morgan fingerprint density at radius 2 is 1.84 bits per heavy atom. The van der Waals surface area contributed by atoms with Crippen LogP contribution in [0.2, 0.25) is 0 Å². The smallest absolute Gasteiger partial charge is 0.351 e. The molecule has 1 heterocycles. The Balaban J connectivity index is 2.24. The van der Waals surface area contributed by atoms with E-state index in [1.54, 1.807) is 12.1 Å². The topological polar surface area (TPSA) is 63.7 Å². The first kappa shape index (κ1) is 17.2. The van der Waals surface area contributed by atoms with Gasteiger partial charge in [0.05, 0.1) is 17.7 Å². The predicted octanol–water partition coefficient (Wildman–Crippen LogP) is 3.33. The lowest BCUT2D eigenvalue weighted by molar-refractivity contribution is -0.135. The first-order chi connectivity index (χ1) is 11.9. The average molecular weight is 361 g/mol. The molecule has 0 aromatic heterocycles. The van der Waals surface area contributed by atoms with Gasteiger partial charge in [0.2, 0.25) is 9.84 Å². The fourth-order valence-corrected chi connectivity index (χ4v) is 4.11. The first-order valence-corrected chi connectivity index (χ1v) is 9.09. The van der Waals surface area contributed by atoms with Crippen LogP contribution in [0, 0.1) is 5.82 Å². The number of ether oxygens (including phenoxy) is 1. The van der Waals surface area contributed by atoms with Gasteiger partial charge in [0.15, 0.2) is 4.91 Å². The van der Waals surface area contributed by atoms with Gasteiger partial charge in [0, 0.05) is 11.9 Å². The third-order valence-corrected chi connectivity index (χ3v) is 5.79. The van der Waals surface area contributed by atoms with E-state index in [1.807, 2.05) is 19.1 Å². The Labute approximate surface area is 145 Å². The molecule has 2 aromatic rings. The Kier molecular flexibility index (Phi) is 4.34. The summed E-state index contributed by atoms with van der Waals surface area (Å²) in [6.07, 6.45) is 2.02. The second-order valence-corrected chi connectivity index (χ2v) is 7.38. The van der Waals surface area contributed by atoms with Gasteiger partial charge in [-0.25, -0.2) is 17.6 Å². The summed E-state index contributed by atoms with van der Waals surface area (Å²) in [5.74, 6) is -1.54. The van der Waals surface area contributed by atoms with Gasteiger partial charge in [0.1, 0.15) is 5.82 Å². The summed E-state index contributed by atoms with van der Waals surface area (Å²) in [5, 5.41) is 0. The first-order valence-electron chi connectivity index (χ1n) is 7.61. The largest absolute Gasteiger partial charge is 0.465 e. The lowest BCUT2D eigenvalue weighted by atomic mass is 10.1. The number of anilines is 2. The number of methoxy groups -OCH3 is 1. The molecule has 0 saturated carbocycles. The van der Waals surface area contributed by atoms with Crippen molar-refractivity contribution in [1.29, 1.82) is 0 Å². The number of fused-ring (bicyclic) bond motifs is 1. The van der Waals surface area contributed by atoms with Gasteiger partial charge in [-0.05, 0) is 42.3 Å². The van der Waals surface area contributed by atoms with E-state index < -0.39 is 26.5 Å². The molecule has 3 rings (SSSR count). The SMILES string of the molecule is CCc1ccc(N2C=C(C(=O)OC)S(=O)(=O)c3ccc(F)cc32)cc1. The molecule has 1 aliphatic rings. The zero-order chi connectivity index (χ0) is 18.2. The normalized spacial score (nSPS) is 15.3. The third-order valence-electron chi connectivity index (χ3n) is 4.02. The second kappa shape index (κ2) is 6.33. The van der Waals surface area contributed by atoms with Crippen molar-refractivity contribution in [3.05, 3.63) is 65.0 Å². The molecule has 0 amide bonds. The van der Waals surface area contributed by atoms with Crippen molar-refractivity contribution in [2.24, 2.45) is 0 Å². The van der Waals surface area contributed by atoms with Gasteiger partial charge in [-0.15, -0.1) is 0 Å². The number of aryl methyl sites for hydroxylation is 1. The number of hydrogen-bond acceptors (Lipinski definition) is 5. The van der Waals surface area contributed by atoms with E-state index >= 15 is 0 Å². The van der Waals surface area contributed by atoms with Gasteiger partial charge < -0.3 is 9.64 Å². The molecule has 0 saturated heterocycles. The molecule has 130 valence electrons. The number of carbonyl (C=O) groups is 1. The minimum atomic E-state index is -4.09. The highest BCUT2D eigenvalue weighted by Gasteiger charge is 2.36. The molecule has 1 aliphatic heterocycles. The number of nitrogens with zero attached hydrogens (tertiary/aromatic N) is 1. The van der Waals surface area contributed by atoms with Crippen molar-refractivity contribution < 1.29 is 22.3 Å². The number of halogens is 1. The minimum absolute atomic E-state index is 0.142. The Bertz CT molecular complexity index is 965. The summed E-state index contributed by atoms with van der Waals surface area (Å²) in [6, 6.07) is 10.7. The van der Waals surface area contributed by atoms with E-state index in [0.717, 1.165) is 37.3 Å². The number of esters is 1. The Morgan fingerprint density at radius 3 is 2.44 bits per heavy atom. The second-order valence-electron chi connectivity index (χ2n) is 5.49. The lowest BCUT2D eigenvalue weighted by Crippen LogP contribution is -2.26. The van der Waals surface area contributed by atoms with E-state index in [1.165, 1.54) is 11.1 Å². The van der Waals surface area contributed by atoms with Crippen LogP contribution in [0.3, 0.4) is 0 Å². The molecular formula is C18H16FNO4S. The summed E-state index contributed by atoms with van der Waals surface area (Å²) in [6.45, 7) is 2.02. The number of carbonyl (C=O) groups excluding carboxylic acids is 1. The number of rotatable bonds is 3. The predicted molar refractivity (Wildman–Crippen MR) is 91.6 cm³/mol. The maximum Gasteiger partial charge on any atom is 0.351 e. The molecule has 0 fully saturated rings. The molecule has 0 aliphatic carbocycles. The van der Waals surface area contributed by atoms with Crippen LogP contribution in [0.1, 0.15) is 12.5 Å². The highest BCUT2D eigenvalue weighted by atomic mass is 32.2. The van der Waals surface area contributed by atoms with Gasteiger partial charge in [-0.2, -0.15) is 0 Å². The van der Waals surface area contributed by atoms with Crippen LogP contribution in [0.4, 0.5) is 15.8 Å². The van der Waals surface area contributed by atoms with Gasteiger partial charge in [0.25, 0.3) is 0 Å². The zero-order valence-electron chi connectivity index (χ0n) is 13.7. The molecular weight excluding hydrogens is 345 g/mol. The number of hydrogen-bond donors (Lipinski definition) is 0. The fraction of sp³-hybridized carbons (Fsp3) is 0.167. The van der Waals surface area contributed by atoms with E-state index in [9.17, 15) is 17.6 Å². The molecule has 5 nitrogen and oxygen atoms in total.